The maximum atomic E-state index is 12.4. The van der Waals surface area contributed by atoms with Gasteiger partial charge in [0, 0.05) is 11.6 Å². The van der Waals surface area contributed by atoms with E-state index < -0.39 is 0 Å². The zero-order valence-corrected chi connectivity index (χ0v) is 17.8. The molecular weight excluding hydrogens is 418 g/mol. The Morgan fingerprint density at radius 3 is 2.43 bits per heavy atom. The van der Waals surface area contributed by atoms with Gasteiger partial charge in [-0.25, -0.2) is 5.43 Å². The summed E-state index contributed by atoms with van der Waals surface area (Å²) in [5.41, 5.74) is 6.11. The fourth-order valence-corrected chi connectivity index (χ4v) is 4.20. The fourth-order valence-electron chi connectivity index (χ4n) is 3.26. The molecule has 0 radical (unpaired) electrons. The number of thiophene rings is 1. The third-order valence-electron chi connectivity index (χ3n) is 5.05. The average molecular weight is 438 g/mol. The number of hydrogen-bond acceptors (Lipinski definition) is 4. The standard InChI is InChI=1S/C23H20ClN3O2S/c1-14(26-27-22(28)19-13-18(19)16-5-3-2-4-6-16)15-7-9-17(10-8-15)25-23(29)20-11-12-21(24)30-20/h2-12,18-19H,13H2,1H3,(H,25,29)(H,27,28)/b26-14-/t18-,19+/m1/s1. The Balaban J connectivity index is 1.32. The van der Waals surface area contributed by atoms with Gasteiger partial charge in [-0.05, 0) is 54.7 Å². The Hall–Kier alpha value is -2.96. The van der Waals surface area contributed by atoms with Crippen molar-refractivity contribution < 1.29 is 9.59 Å². The number of hydrogen-bond donors (Lipinski definition) is 2. The lowest BCUT2D eigenvalue weighted by molar-refractivity contribution is -0.122. The van der Waals surface area contributed by atoms with E-state index in [1.807, 2.05) is 37.3 Å². The third kappa shape index (κ3) is 4.78. The SMILES string of the molecule is C/C(=N/NC(=O)[C@H]1C[C@@H]1c1ccccc1)c1ccc(NC(=O)c2ccc(Cl)s2)cc1. The second kappa shape index (κ2) is 8.81. The van der Waals surface area contributed by atoms with E-state index in [2.05, 4.69) is 28.0 Å². The van der Waals surface area contributed by atoms with E-state index in [-0.39, 0.29) is 23.7 Å². The fraction of sp³-hybridized carbons (Fsp3) is 0.174. The van der Waals surface area contributed by atoms with Gasteiger partial charge in [0.25, 0.3) is 5.91 Å². The van der Waals surface area contributed by atoms with Crippen molar-refractivity contribution >= 4 is 46.2 Å². The normalized spacial score (nSPS) is 18.0. The smallest absolute Gasteiger partial charge is 0.265 e. The Bertz CT molecular complexity index is 1090. The zero-order chi connectivity index (χ0) is 21.1. The predicted molar refractivity (Wildman–Crippen MR) is 121 cm³/mol. The van der Waals surface area contributed by atoms with Crippen molar-refractivity contribution in [2.75, 3.05) is 5.32 Å². The molecule has 0 spiro atoms. The van der Waals surface area contributed by atoms with Crippen LogP contribution in [-0.4, -0.2) is 17.5 Å². The summed E-state index contributed by atoms with van der Waals surface area (Å²) >= 11 is 7.11. The Kier molecular flexibility index (Phi) is 5.97. The van der Waals surface area contributed by atoms with Crippen molar-refractivity contribution in [2.24, 2.45) is 11.0 Å². The summed E-state index contributed by atoms with van der Waals surface area (Å²) in [4.78, 5) is 25.1. The summed E-state index contributed by atoms with van der Waals surface area (Å²) < 4.78 is 0.575. The predicted octanol–water partition coefficient (Wildman–Crippen LogP) is 5.30. The molecule has 4 rings (SSSR count). The molecule has 2 aromatic carbocycles. The van der Waals surface area contributed by atoms with E-state index in [1.165, 1.54) is 16.9 Å². The minimum absolute atomic E-state index is 0.0210. The molecule has 7 heteroatoms. The van der Waals surface area contributed by atoms with Gasteiger partial charge in [0.05, 0.1) is 14.9 Å². The molecular formula is C23H20ClN3O2S. The van der Waals surface area contributed by atoms with Crippen molar-refractivity contribution in [3.8, 4) is 0 Å². The summed E-state index contributed by atoms with van der Waals surface area (Å²) in [6, 6.07) is 20.8. The second-order valence-electron chi connectivity index (χ2n) is 7.17. The van der Waals surface area contributed by atoms with Gasteiger partial charge in [0.1, 0.15) is 0 Å². The molecule has 3 aromatic rings. The highest BCUT2D eigenvalue weighted by Crippen LogP contribution is 2.47. The van der Waals surface area contributed by atoms with E-state index in [9.17, 15) is 9.59 Å². The monoisotopic (exact) mass is 437 g/mol. The van der Waals surface area contributed by atoms with E-state index in [0.29, 0.717) is 20.6 Å². The van der Waals surface area contributed by atoms with Crippen molar-refractivity contribution in [3.63, 3.8) is 0 Å². The molecule has 2 N–H and O–H groups in total. The van der Waals surface area contributed by atoms with E-state index in [1.54, 1.807) is 24.3 Å². The highest BCUT2D eigenvalue weighted by atomic mass is 35.5. The van der Waals surface area contributed by atoms with Crippen LogP contribution in [0, 0.1) is 5.92 Å². The van der Waals surface area contributed by atoms with Crippen LogP contribution >= 0.6 is 22.9 Å². The molecule has 1 fully saturated rings. The van der Waals surface area contributed by atoms with Gasteiger partial charge in [-0.1, -0.05) is 54.1 Å². The lowest BCUT2D eigenvalue weighted by Gasteiger charge is -2.06. The van der Waals surface area contributed by atoms with Crippen LogP contribution in [-0.2, 0) is 4.79 Å². The molecule has 5 nitrogen and oxygen atoms in total. The molecule has 1 heterocycles. The molecule has 1 aliphatic carbocycles. The number of rotatable bonds is 6. The maximum absolute atomic E-state index is 12.4. The van der Waals surface area contributed by atoms with Gasteiger partial charge >= 0.3 is 0 Å². The number of halogens is 1. The topological polar surface area (TPSA) is 70.6 Å². The van der Waals surface area contributed by atoms with Crippen LogP contribution in [0.25, 0.3) is 0 Å². The lowest BCUT2D eigenvalue weighted by atomic mass is 10.1. The number of anilines is 1. The van der Waals surface area contributed by atoms with Crippen molar-refractivity contribution in [1.82, 2.24) is 5.43 Å². The number of nitrogens with zero attached hydrogens (tertiary/aromatic N) is 1. The lowest BCUT2D eigenvalue weighted by Crippen LogP contribution is -2.21. The van der Waals surface area contributed by atoms with Crippen LogP contribution in [0.5, 0.6) is 0 Å². The van der Waals surface area contributed by atoms with Crippen LogP contribution < -0.4 is 10.7 Å². The number of benzene rings is 2. The van der Waals surface area contributed by atoms with Crippen LogP contribution in [0.1, 0.15) is 40.1 Å². The largest absolute Gasteiger partial charge is 0.321 e. The molecule has 30 heavy (non-hydrogen) atoms. The minimum Gasteiger partial charge on any atom is -0.321 e. The molecule has 1 saturated carbocycles. The molecule has 2 atom stereocenters. The van der Waals surface area contributed by atoms with Crippen molar-refractivity contribution in [2.45, 2.75) is 19.3 Å². The maximum Gasteiger partial charge on any atom is 0.265 e. The Labute approximate surface area is 183 Å². The number of carbonyl (C=O) groups excluding carboxylic acids is 2. The molecule has 0 bridgehead atoms. The Morgan fingerprint density at radius 2 is 1.77 bits per heavy atom. The average Bonchev–Trinajstić information content (AvgIpc) is 3.46. The van der Waals surface area contributed by atoms with Gasteiger partial charge in [0.15, 0.2) is 0 Å². The van der Waals surface area contributed by atoms with Crippen LogP contribution in [0.2, 0.25) is 4.34 Å². The van der Waals surface area contributed by atoms with Crippen LogP contribution in [0.3, 0.4) is 0 Å². The first-order valence-corrected chi connectivity index (χ1v) is 10.8. The minimum atomic E-state index is -0.199. The summed E-state index contributed by atoms with van der Waals surface area (Å²) in [6.45, 7) is 1.84. The van der Waals surface area contributed by atoms with Gasteiger partial charge < -0.3 is 5.32 Å². The molecule has 2 amide bonds. The van der Waals surface area contributed by atoms with E-state index in [0.717, 1.165) is 12.0 Å². The summed E-state index contributed by atoms with van der Waals surface area (Å²) in [5, 5.41) is 7.08. The quantitative estimate of drug-likeness (QED) is 0.406. The van der Waals surface area contributed by atoms with Crippen molar-refractivity contribution in [3.05, 3.63) is 87.1 Å². The second-order valence-corrected chi connectivity index (χ2v) is 8.88. The highest BCUT2D eigenvalue weighted by molar-refractivity contribution is 7.18. The summed E-state index contributed by atoms with van der Waals surface area (Å²) in [7, 11) is 0. The number of amides is 2. The Morgan fingerprint density at radius 1 is 1.03 bits per heavy atom. The van der Waals surface area contributed by atoms with Crippen LogP contribution in [0.15, 0.2) is 71.8 Å². The van der Waals surface area contributed by atoms with Gasteiger partial charge in [-0.15, -0.1) is 11.3 Å². The molecule has 152 valence electrons. The number of nitrogens with one attached hydrogen (secondary N) is 2. The molecule has 0 unspecified atom stereocenters. The third-order valence-corrected chi connectivity index (χ3v) is 6.28. The summed E-state index contributed by atoms with van der Waals surface area (Å²) in [6.07, 6.45) is 0.855. The highest BCUT2D eigenvalue weighted by Gasteiger charge is 2.43. The van der Waals surface area contributed by atoms with Crippen LogP contribution in [0.4, 0.5) is 5.69 Å². The van der Waals surface area contributed by atoms with Gasteiger partial charge in [-0.3, -0.25) is 9.59 Å². The van der Waals surface area contributed by atoms with Gasteiger partial charge in [-0.2, -0.15) is 5.10 Å². The van der Waals surface area contributed by atoms with E-state index in [4.69, 9.17) is 11.6 Å². The molecule has 1 aliphatic rings. The van der Waals surface area contributed by atoms with Crippen molar-refractivity contribution in [1.29, 1.82) is 0 Å². The molecule has 1 aromatic heterocycles. The first kappa shape index (κ1) is 20.3. The first-order valence-electron chi connectivity index (χ1n) is 9.57. The molecule has 0 aliphatic heterocycles. The number of hydrazone groups is 1. The van der Waals surface area contributed by atoms with Gasteiger partial charge in [0.2, 0.25) is 5.91 Å². The number of carbonyl (C=O) groups is 2. The van der Waals surface area contributed by atoms with E-state index >= 15 is 0 Å². The first-order chi connectivity index (χ1) is 14.5. The zero-order valence-electron chi connectivity index (χ0n) is 16.3. The molecule has 0 saturated heterocycles. The summed E-state index contributed by atoms with van der Waals surface area (Å²) in [5.74, 6) is 0.00604.